The van der Waals surface area contributed by atoms with Crippen LogP contribution >= 0.6 is 0 Å². The summed E-state index contributed by atoms with van der Waals surface area (Å²) in [4.78, 5) is 11.4. The van der Waals surface area contributed by atoms with E-state index in [9.17, 15) is 4.79 Å². The van der Waals surface area contributed by atoms with E-state index in [1.165, 1.54) is 20.0 Å². The van der Waals surface area contributed by atoms with Crippen molar-refractivity contribution in [3.63, 3.8) is 0 Å². The van der Waals surface area contributed by atoms with Crippen LogP contribution in [0.5, 0.6) is 0 Å². The molecule has 1 unspecified atom stereocenters. The number of esters is 1. The first-order valence-electron chi connectivity index (χ1n) is 6.66. The van der Waals surface area contributed by atoms with Gasteiger partial charge in [0, 0.05) is 5.57 Å². The van der Waals surface area contributed by atoms with E-state index < -0.39 is 0 Å². The van der Waals surface area contributed by atoms with Crippen LogP contribution in [0.1, 0.15) is 47.5 Å². The first-order chi connectivity index (χ1) is 7.89. The van der Waals surface area contributed by atoms with Gasteiger partial charge < -0.3 is 4.74 Å². The highest BCUT2D eigenvalue weighted by Gasteiger charge is 2.58. The van der Waals surface area contributed by atoms with Gasteiger partial charge in [-0.15, -0.1) is 0 Å². The lowest BCUT2D eigenvalue weighted by atomic mass is 9.92. The maximum Gasteiger partial charge on any atom is 0.333 e. The predicted molar refractivity (Wildman–Crippen MR) is 70.6 cm³/mol. The molecule has 0 saturated heterocycles. The first-order valence-corrected chi connectivity index (χ1v) is 6.66. The van der Waals surface area contributed by atoms with E-state index in [-0.39, 0.29) is 5.97 Å². The molecular formula is C15H26O2. The van der Waals surface area contributed by atoms with E-state index in [4.69, 9.17) is 4.74 Å². The number of methoxy groups -OCH3 is 1. The number of hydrogen-bond donors (Lipinski definition) is 0. The predicted octanol–water partition coefficient (Wildman–Crippen LogP) is 3.81. The number of allylic oxidation sites excluding steroid dienone is 1. The van der Waals surface area contributed by atoms with Crippen molar-refractivity contribution in [2.24, 2.45) is 23.2 Å². The minimum absolute atomic E-state index is 0.198. The van der Waals surface area contributed by atoms with Crippen LogP contribution in [-0.2, 0) is 9.53 Å². The Hall–Kier alpha value is -0.790. The van der Waals surface area contributed by atoms with Crippen LogP contribution in [0.3, 0.4) is 0 Å². The van der Waals surface area contributed by atoms with Gasteiger partial charge in [-0.1, -0.05) is 46.6 Å². The Morgan fingerprint density at radius 3 is 2.29 bits per heavy atom. The van der Waals surface area contributed by atoms with Crippen LogP contribution in [-0.4, -0.2) is 13.1 Å². The largest absolute Gasteiger partial charge is 0.466 e. The SMILES string of the molecule is CCC(CC)C1[C@@H](/C=C(\C)C(=O)OC)C1(C)C. The van der Waals surface area contributed by atoms with Gasteiger partial charge >= 0.3 is 5.97 Å². The molecule has 0 aromatic rings. The molecule has 17 heavy (non-hydrogen) atoms. The lowest BCUT2D eigenvalue weighted by molar-refractivity contribution is -0.136. The molecule has 0 aliphatic heterocycles. The number of ether oxygens (including phenoxy) is 1. The van der Waals surface area contributed by atoms with E-state index in [0.717, 1.165) is 17.4 Å². The molecule has 2 atom stereocenters. The van der Waals surface area contributed by atoms with Crippen molar-refractivity contribution in [2.45, 2.75) is 47.5 Å². The lowest BCUT2D eigenvalue weighted by Crippen LogP contribution is -2.04. The van der Waals surface area contributed by atoms with E-state index in [2.05, 4.69) is 33.8 Å². The number of carbonyl (C=O) groups excluding carboxylic acids is 1. The molecule has 0 aromatic heterocycles. The van der Waals surface area contributed by atoms with Crippen molar-refractivity contribution in [1.29, 1.82) is 0 Å². The van der Waals surface area contributed by atoms with Crippen molar-refractivity contribution in [2.75, 3.05) is 7.11 Å². The van der Waals surface area contributed by atoms with Gasteiger partial charge in [0.1, 0.15) is 0 Å². The summed E-state index contributed by atoms with van der Waals surface area (Å²) in [5.41, 5.74) is 1.09. The smallest absolute Gasteiger partial charge is 0.333 e. The summed E-state index contributed by atoms with van der Waals surface area (Å²) in [6.45, 7) is 11.0. The van der Waals surface area contributed by atoms with Gasteiger partial charge in [0.05, 0.1) is 7.11 Å². The van der Waals surface area contributed by atoms with Crippen LogP contribution in [0.15, 0.2) is 11.6 Å². The molecular weight excluding hydrogens is 212 g/mol. The van der Waals surface area contributed by atoms with Gasteiger partial charge in [-0.05, 0) is 30.1 Å². The molecule has 0 heterocycles. The van der Waals surface area contributed by atoms with Gasteiger partial charge in [-0.25, -0.2) is 4.79 Å². The second-order valence-corrected chi connectivity index (χ2v) is 5.79. The normalized spacial score (nSPS) is 27.1. The van der Waals surface area contributed by atoms with Crippen LogP contribution < -0.4 is 0 Å². The summed E-state index contributed by atoms with van der Waals surface area (Å²) in [6.07, 6.45) is 4.58. The first kappa shape index (κ1) is 14.3. The highest BCUT2D eigenvalue weighted by atomic mass is 16.5. The summed E-state index contributed by atoms with van der Waals surface area (Å²) < 4.78 is 4.75. The van der Waals surface area contributed by atoms with E-state index in [1.807, 2.05) is 6.92 Å². The third kappa shape index (κ3) is 2.72. The van der Waals surface area contributed by atoms with Gasteiger partial charge in [0.25, 0.3) is 0 Å². The minimum atomic E-state index is -0.198. The number of rotatable bonds is 5. The molecule has 0 N–H and O–H groups in total. The van der Waals surface area contributed by atoms with Crippen LogP contribution in [0.25, 0.3) is 0 Å². The number of carbonyl (C=O) groups is 1. The van der Waals surface area contributed by atoms with Gasteiger partial charge in [-0.2, -0.15) is 0 Å². The molecule has 1 aliphatic rings. The zero-order chi connectivity index (χ0) is 13.2. The standard InChI is InChI=1S/C15H26O2/c1-7-11(8-2)13-12(15(13,4)5)9-10(3)14(16)17-6/h9,11-13H,7-8H2,1-6H3/b10-9+/t12-,13?/m1/s1. The Bertz CT molecular complexity index is 311. The fraction of sp³-hybridized carbons (Fsp3) is 0.800. The molecule has 1 rings (SSSR count). The molecule has 0 spiro atoms. The van der Waals surface area contributed by atoms with Crippen molar-refractivity contribution < 1.29 is 9.53 Å². The summed E-state index contributed by atoms with van der Waals surface area (Å²) in [5.74, 6) is 1.83. The average Bonchev–Trinajstić information content (AvgIpc) is 2.82. The van der Waals surface area contributed by atoms with Crippen molar-refractivity contribution in [1.82, 2.24) is 0 Å². The second-order valence-electron chi connectivity index (χ2n) is 5.79. The summed E-state index contributed by atoms with van der Waals surface area (Å²) in [5, 5.41) is 0. The third-order valence-corrected chi connectivity index (χ3v) is 4.49. The van der Waals surface area contributed by atoms with Crippen LogP contribution in [0, 0.1) is 23.2 Å². The van der Waals surface area contributed by atoms with Crippen LogP contribution in [0.2, 0.25) is 0 Å². The minimum Gasteiger partial charge on any atom is -0.466 e. The average molecular weight is 238 g/mol. The number of hydrogen-bond acceptors (Lipinski definition) is 2. The van der Waals surface area contributed by atoms with Crippen LogP contribution in [0.4, 0.5) is 0 Å². The molecule has 98 valence electrons. The third-order valence-electron chi connectivity index (χ3n) is 4.49. The molecule has 0 amide bonds. The Balaban J connectivity index is 2.77. The zero-order valence-electron chi connectivity index (χ0n) is 12.0. The van der Waals surface area contributed by atoms with Crippen molar-refractivity contribution in [3.8, 4) is 0 Å². The Kier molecular flexibility index (Phi) is 4.40. The monoisotopic (exact) mass is 238 g/mol. The molecule has 0 aromatic carbocycles. The molecule has 2 heteroatoms. The van der Waals surface area contributed by atoms with Gasteiger partial charge in [0.15, 0.2) is 0 Å². The fourth-order valence-corrected chi connectivity index (χ4v) is 3.23. The Morgan fingerprint density at radius 2 is 1.88 bits per heavy atom. The molecule has 1 saturated carbocycles. The summed E-state index contributed by atoms with van der Waals surface area (Å²) in [6, 6.07) is 0. The Morgan fingerprint density at radius 1 is 1.35 bits per heavy atom. The lowest BCUT2D eigenvalue weighted by Gasteiger charge is -2.13. The summed E-state index contributed by atoms with van der Waals surface area (Å²) >= 11 is 0. The van der Waals surface area contributed by atoms with E-state index in [1.54, 1.807) is 0 Å². The molecule has 1 fully saturated rings. The van der Waals surface area contributed by atoms with E-state index >= 15 is 0 Å². The molecule has 0 radical (unpaired) electrons. The molecule has 2 nitrogen and oxygen atoms in total. The second kappa shape index (κ2) is 5.24. The van der Waals surface area contributed by atoms with Gasteiger partial charge in [-0.3, -0.25) is 0 Å². The fourth-order valence-electron chi connectivity index (χ4n) is 3.23. The highest BCUT2D eigenvalue weighted by molar-refractivity contribution is 5.87. The van der Waals surface area contributed by atoms with Crippen molar-refractivity contribution in [3.05, 3.63) is 11.6 Å². The zero-order valence-corrected chi connectivity index (χ0v) is 12.0. The topological polar surface area (TPSA) is 26.3 Å². The van der Waals surface area contributed by atoms with Gasteiger partial charge in [0.2, 0.25) is 0 Å². The molecule has 1 aliphatic carbocycles. The molecule has 0 bridgehead atoms. The summed E-state index contributed by atoms with van der Waals surface area (Å²) in [7, 11) is 1.44. The maximum atomic E-state index is 11.4. The Labute approximate surface area is 105 Å². The highest BCUT2D eigenvalue weighted by Crippen LogP contribution is 2.63. The van der Waals surface area contributed by atoms with E-state index in [0.29, 0.717) is 11.3 Å². The quantitative estimate of drug-likeness (QED) is 0.537. The van der Waals surface area contributed by atoms with Crippen molar-refractivity contribution >= 4 is 5.97 Å². The maximum absolute atomic E-state index is 11.4.